The Morgan fingerprint density at radius 1 is 1.04 bits per heavy atom. The van der Waals surface area contributed by atoms with Crippen LogP contribution >= 0.6 is 35.0 Å². The Morgan fingerprint density at radius 2 is 1.75 bits per heavy atom. The van der Waals surface area contributed by atoms with Crippen LogP contribution in [0.25, 0.3) is 11.5 Å². The van der Waals surface area contributed by atoms with Crippen LogP contribution in [0.15, 0.2) is 58.2 Å². The summed E-state index contributed by atoms with van der Waals surface area (Å²) in [6.45, 7) is 0. The van der Waals surface area contributed by atoms with Crippen molar-refractivity contribution >= 4 is 46.6 Å². The van der Waals surface area contributed by atoms with Gasteiger partial charge in [0.2, 0.25) is 11.8 Å². The van der Waals surface area contributed by atoms with Crippen LogP contribution < -0.4 is 5.32 Å². The van der Waals surface area contributed by atoms with E-state index in [-0.39, 0.29) is 11.7 Å². The minimum atomic E-state index is -0.217. The van der Waals surface area contributed by atoms with Gasteiger partial charge in [0.05, 0.1) is 27.0 Å². The van der Waals surface area contributed by atoms with Crippen molar-refractivity contribution in [3.8, 4) is 11.5 Å². The number of amides is 1. The molecule has 0 aliphatic rings. The highest BCUT2D eigenvalue weighted by atomic mass is 35.5. The van der Waals surface area contributed by atoms with Gasteiger partial charge in [0.1, 0.15) is 0 Å². The molecule has 0 radical (unpaired) electrons. The number of nitrogens with zero attached hydrogens (tertiary/aromatic N) is 2. The molecule has 3 aromatic rings. The first-order valence-electron chi connectivity index (χ1n) is 6.89. The van der Waals surface area contributed by atoms with E-state index in [1.54, 1.807) is 36.4 Å². The second kappa shape index (κ2) is 7.70. The summed E-state index contributed by atoms with van der Waals surface area (Å²) in [5, 5.41) is 11.9. The maximum absolute atomic E-state index is 12.0. The lowest BCUT2D eigenvalue weighted by molar-refractivity contribution is -0.113. The second-order valence-corrected chi connectivity index (χ2v) is 6.41. The summed E-state index contributed by atoms with van der Waals surface area (Å²) in [6, 6.07) is 14.2. The summed E-state index contributed by atoms with van der Waals surface area (Å²) in [4.78, 5) is 12.0. The molecule has 0 aliphatic carbocycles. The zero-order chi connectivity index (χ0) is 16.9. The Balaban J connectivity index is 1.61. The van der Waals surface area contributed by atoms with Crippen LogP contribution in [-0.2, 0) is 4.79 Å². The van der Waals surface area contributed by atoms with Crippen molar-refractivity contribution in [1.82, 2.24) is 10.2 Å². The fraction of sp³-hybridized carbons (Fsp3) is 0.0625. The molecule has 0 saturated heterocycles. The third kappa shape index (κ3) is 4.08. The SMILES string of the molecule is O=C(CSc1nnc(-c2ccccc2Cl)o1)Nc1ccccc1Cl. The number of aromatic nitrogens is 2. The number of carbonyl (C=O) groups is 1. The van der Waals surface area contributed by atoms with Gasteiger partial charge >= 0.3 is 0 Å². The monoisotopic (exact) mass is 379 g/mol. The van der Waals surface area contributed by atoms with Crippen molar-refractivity contribution < 1.29 is 9.21 Å². The van der Waals surface area contributed by atoms with Gasteiger partial charge in [-0.25, -0.2) is 0 Å². The number of hydrogen-bond donors (Lipinski definition) is 1. The van der Waals surface area contributed by atoms with Crippen molar-refractivity contribution in [2.75, 3.05) is 11.1 Å². The highest BCUT2D eigenvalue weighted by molar-refractivity contribution is 7.99. The van der Waals surface area contributed by atoms with E-state index in [0.717, 1.165) is 11.8 Å². The van der Waals surface area contributed by atoms with Crippen LogP contribution in [0.4, 0.5) is 5.69 Å². The van der Waals surface area contributed by atoms with E-state index >= 15 is 0 Å². The molecule has 0 saturated carbocycles. The van der Waals surface area contributed by atoms with Crippen LogP contribution in [0, 0.1) is 0 Å². The van der Waals surface area contributed by atoms with Crippen molar-refractivity contribution in [3.05, 3.63) is 58.6 Å². The minimum Gasteiger partial charge on any atom is -0.411 e. The zero-order valence-electron chi connectivity index (χ0n) is 12.2. The van der Waals surface area contributed by atoms with Gasteiger partial charge < -0.3 is 9.73 Å². The first kappa shape index (κ1) is 16.8. The van der Waals surface area contributed by atoms with Gasteiger partial charge in [-0.05, 0) is 24.3 Å². The largest absolute Gasteiger partial charge is 0.411 e. The molecule has 0 atom stereocenters. The van der Waals surface area contributed by atoms with Crippen LogP contribution in [0.2, 0.25) is 10.0 Å². The highest BCUT2D eigenvalue weighted by Gasteiger charge is 2.13. The smallest absolute Gasteiger partial charge is 0.277 e. The molecular weight excluding hydrogens is 369 g/mol. The molecule has 1 aromatic heterocycles. The zero-order valence-corrected chi connectivity index (χ0v) is 14.5. The van der Waals surface area contributed by atoms with Crippen molar-refractivity contribution in [3.63, 3.8) is 0 Å². The average Bonchev–Trinajstić information content (AvgIpc) is 3.04. The fourth-order valence-electron chi connectivity index (χ4n) is 1.89. The molecule has 0 fully saturated rings. The normalized spacial score (nSPS) is 10.6. The summed E-state index contributed by atoms with van der Waals surface area (Å²) in [6.07, 6.45) is 0. The third-order valence-corrected chi connectivity index (χ3v) is 4.46. The highest BCUT2D eigenvalue weighted by Crippen LogP contribution is 2.28. The molecule has 3 rings (SSSR count). The van der Waals surface area contributed by atoms with E-state index in [0.29, 0.717) is 32.4 Å². The molecule has 24 heavy (non-hydrogen) atoms. The molecule has 2 aromatic carbocycles. The number of anilines is 1. The van der Waals surface area contributed by atoms with Crippen LogP contribution in [-0.4, -0.2) is 21.9 Å². The molecule has 0 spiro atoms. The predicted molar refractivity (Wildman–Crippen MR) is 95.5 cm³/mol. The van der Waals surface area contributed by atoms with Gasteiger partial charge in [-0.1, -0.05) is 59.2 Å². The number of halogens is 2. The summed E-state index contributed by atoms with van der Waals surface area (Å²) in [5.41, 5.74) is 1.21. The maximum atomic E-state index is 12.0. The number of carbonyl (C=O) groups excluding carboxylic acids is 1. The molecule has 122 valence electrons. The quantitative estimate of drug-likeness (QED) is 0.646. The Bertz CT molecular complexity index is 870. The lowest BCUT2D eigenvalue weighted by Gasteiger charge is -2.05. The number of nitrogens with one attached hydrogen (secondary N) is 1. The maximum Gasteiger partial charge on any atom is 0.277 e. The Hall–Kier alpha value is -2.02. The first-order valence-corrected chi connectivity index (χ1v) is 8.63. The Morgan fingerprint density at radius 3 is 2.50 bits per heavy atom. The van der Waals surface area contributed by atoms with Gasteiger partial charge in [-0.3, -0.25) is 4.79 Å². The number of benzene rings is 2. The summed E-state index contributed by atoms with van der Waals surface area (Å²) >= 11 is 13.2. The molecule has 1 N–H and O–H groups in total. The van der Waals surface area contributed by atoms with E-state index < -0.39 is 0 Å². The average molecular weight is 380 g/mol. The predicted octanol–water partition coefficient (Wildman–Crippen LogP) is 4.77. The lowest BCUT2D eigenvalue weighted by Crippen LogP contribution is -2.14. The molecule has 5 nitrogen and oxygen atoms in total. The minimum absolute atomic E-state index is 0.120. The third-order valence-electron chi connectivity index (χ3n) is 2.99. The van der Waals surface area contributed by atoms with Gasteiger partial charge in [0.15, 0.2) is 0 Å². The fourth-order valence-corrected chi connectivity index (χ4v) is 2.85. The van der Waals surface area contributed by atoms with Gasteiger partial charge in [-0.2, -0.15) is 0 Å². The van der Waals surface area contributed by atoms with Gasteiger partial charge in [0.25, 0.3) is 5.22 Å². The molecule has 1 heterocycles. The summed E-state index contributed by atoms with van der Waals surface area (Å²) < 4.78 is 5.53. The van der Waals surface area contributed by atoms with Crippen molar-refractivity contribution in [1.29, 1.82) is 0 Å². The molecular formula is C16H11Cl2N3O2S. The van der Waals surface area contributed by atoms with Crippen LogP contribution in [0.5, 0.6) is 0 Å². The van der Waals surface area contributed by atoms with Gasteiger partial charge in [-0.15, -0.1) is 10.2 Å². The van der Waals surface area contributed by atoms with E-state index in [1.807, 2.05) is 12.1 Å². The number of para-hydroxylation sites is 1. The number of hydrogen-bond acceptors (Lipinski definition) is 5. The summed E-state index contributed by atoms with van der Waals surface area (Å²) in [5.74, 6) is 0.218. The molecule has 8 heteroatoms. The van der Waals surface area contributed by atoms with E-state index in [1.165, 1.54) is 0 Å². The van der Waals surface area contributed by atoms with Crippen molar-refractivity contribution in [2.45, 2.75) is 5.22 Å². The summed E-state index contributed by atoms with van der Waals surface area (Å²) in [7, 11) is 0. The van der Waals surface area contributed by atoms with Gasteiger partial charge in [0, 0.05) is 0 Å². The molecule has 0 unspecified atom stereocenters. The first-order chi connectivity index (χ1) is 11.6. The van der Waals surface area contributed by atoms with Crippen LogP contribution in [0.3, 0.4) is 0 Å². The van der Waals surface area contributed by atoms with E-state index in [4.69, 9.17) is 27.6 Å². The Labute approximate surface area is 152 Å². The van der Waals surface area contributed by atoms with E-state index in [2.05, 4.69) is 15.5 Å². The Kier molecular flexibility index (Phi) is 5.40. The van der Waals surface area contributed by atoms with Crippen molar-refractivity contribution in [2.24, 2.45) is 0 Å². The molecule has 0 aliphatic heterocycles. The van der Waals surface area contributed by atoms with E-state index in [9.17, 15) is 4.79 Å². The second-order valence-electron chi connectivity index (χ2n) is 4.67. The van der Waals surface area contributed by atoms with Crippen LogP contribution in [0.1, 0.15) is 0 Å². The number of rotatable bonds is 5. The number of thioether (sulfide) groups is 1. The lowest BCUT2D eigenvalue weighted by atomic mass is 10.2. The molecule has 1 amide bonds. The topological polar surface area (TPSA) is 68.0 Å². The molecule has 0 bridgehead atoms. The standard InChI is InChI=1S/C16H11Cl2N3O2S/c17-11-6-2-1-5-10(11)15-20-21-16(23-15)24-9-14(22)19-13-8-4-3-7-12(13)18/h1-8H,9H2,(H,19,22).